The first kappa shape index (κ1) is 14.5. The van der Waals surface area contributed by atoms with Gasteiger partial charge in [-0.15, -0.1) is 0 Å². The van der Waals surface area contributed by atoms with Gasteiger partial charge < -0.3 is 4.90 Å². The molecule has 0 amide bonds. The van der Waals surface area contributed by atoms with Gasteiger partial charge in [0.15, 0.2) is 0 Å². The first-order chi connectivity index (χ1) is 10.8. The number of aromatic nitrogens is 2. The molecule has 1 aliphatic heterocycles. The monoisotopic (exact) mass is 293 g/mol. The van der Waals surface area contributed by atoms with Crippen LogP contribution in [0.2, 0.25) is 0 Å². The molecule has 0 radical (unpaired) electrons. The second-order valence-corrected chi connectivity index (χ2v) is 5.46. The Morgan fingerprint density at radius 2 is 1.59 bits per heavy atom. The molecule has 2 heterocycles. The molecule has 1 fully saturated rings. The summed E-state index contributed by atoms with van der Waals surface area (Å²) in [5, 5.41) is 8.70. The van der Waals surface area contributed by atoms with Crippen LogP contribution in [-0.2, 0) is 13.0 Å². The van der Waals surface area contributed by atoms with Crippen molar-refractivity contribution in [3.05, 3.63) is 53.9 Å². The third-order valence-corrected chi connectivity index (χ3v) is 3.92. The number of nitrogens with zero attached hydrogens (tertiary/aromatic N) is 5. The third kappa shape index (κ3) is 3.60. The summed E-state index contributed by atoms with van der Waals surface area (Å²) in [5.74, 6) is 0.822. The van der Waals surface area contributed by atoms with Gasteiger partial charge in [0.1, 0.15) is 0 Å². The highest BCUT2D eigenvalue weighted by Crippen LogP contribution is 2.13. The summed E-state index contributed by atoms with van der Waals surface area (Å²) < 4.78 is 0. The van der Waals surface area contributed by atoms with Gasteiger partial charge >= 0.3 is 0 Å². The predicted octanol–water partition coefficient (Wildman–Crippen LogP) is 1.86. The van der Waals surface area contributed by atoms with Crippen molar-refractivity contribution in [2.45, 2.75) is 13.0 Å². The van der Waals surface area contributed by atoms with Gasteiger partial charge in [0.05, 0.1) is 12.5 Å². The highest BCUT2D eigenvalue weighted by atomic mass is 15.3. The van der Waals surface area contributed by atoms with Crippen LogP contribution in [-0.4, -0.2) is 41.0 Å². The molecule has 5 nitrogen and oxygen atoms in total. The van der Waals surface area contributed by atoms with Gasteiger partial charge in [-0.1, -0.05) is 24.3 Å². The Hall–Kier alpha value is -2.45. The van der Waals surface area contributed by atoms with Crippen LogP contribution < -0.4 is 4.90 Å². The molecule has 0 atom stereocenters. The Morgan fingerprint density at radius 1 is 0.955 bits per heavy atom. The van der Waals surface area contributed by atoms with E-state index in [2.05, 4.69) is 38.0 Å². The molecule has 5 heteroatoms. The van der Waals surface area contributed by atoms with Crippen LogP contribution in [0.1, 0.15) is 11.1 Å². The first-order valence-corrected chi connectivity index (χ1v) is 7.54. The number of benzene rings is 1. The van der Waals surface area contributed by atoms with Crippen LogP contribution in [0.4, 0.5) is 5.95 Å². The second-order valence-electron chi connectivity index (χ2n) is 5.46. The summed E-state index contributed by atoms with van der Waals surface area (Å²) in [7, 11) is 0. The molecule has 22 heavy (non-hydrogen) atoms. The number of anilines is 1. The Labute approximate surface area is 130 Å². The van der Waals surface area contributed by atoms with E-state index in [1.165, 1.54) is 5.56 Å². The molecule has 0 unspecified atom stereocenters. The van der Waals surface area contributed by atoms with Gasteiger partial charge in [-0.3, -0.25) is 4.90 Å². The molecular weight excluding hydrogens is 274 g/mol. The SMILES string of the molecule is N#CCc1ccc(CN2CCN(c3ncccn3)CC2)cc1. The number of hydrogen-bond donors (Lipinski definition) is 0. The van der Waals surface area contributed by atoms with E-state index in [-0.39, 0.29) is 0 Å². The molecule has 112 valence electrons. The van der Waals surface area contributed by atoms with Gasteiger partial charge in [-0.05, 0) is 17.2 Å². The number of nitriles is 1. The van der Waals surface area contributed by atoms with E-state index in [0.29, 0.717) is 6.42 Å². The largest absolute Gasteiger partial charge is 0.338 e. The smallest absolute Gasteiger partial charge is 0.225 e. The molecule has 0 N–H and O–H groups in total. The highest BCUT2D eigenvalue weighted by molar-refractivity contribution is 5.29. The molecule has 1 aromatic carbocycles. The highest BCUT2D eigenvalue weighted by Gasteiger charge is 2.18. The quantitative estimate of drug-likeness (QED) is 0.861. The van der Waals surface area contributed by atoms with Gasteiger partial charge in [0.25, 0.3) is 0 Å². The summed E-state index contributed by atoms with van der Waals surface area (Å²) in [6.07, 6.45) is 4.06. The summed E-state index contributed by atoms with van der Waals surface area (Å²) in [6.45, 7) is 4.89. The van der Waals surface area contributed by atoms with E-state index in [1.807, 2.05) is 18.2 Å². The lowest BCUT2D eigenvalue weighted by Crippen LogP contribution is -2.46. The fraction of sp³-hybridized carbons (Fsp3) is 0.353. The first-order valence-electron chi connectivity index (χ1n) is 7.54. The lowest BCUT2D eigenvalue weighted by Gasteiger charge is -2.34. The summed E-state index contributed by atoms with van der Waals surface area (Å²) in [4.78, 5) is 13.3. The van der Waals surface area contributed by atoms with Gasteiger partial charge in [0.2, 0.25) is 5.95 Å². The standard InChI is InChI=1S/C17H19N5/c18-7-6-15-2-4-16(5-3-15)14-21-10-12-22(13-11-21)17-19-8-1-9-20-17/h1-5,8-9H,6,10-14H2. The Kier molecular flexibility index (Phi) is 4.62. The average Bonchev–Trinajstić information content (AvgIpc) is 2.58. The number of hydrogen-bond acceptors (Lipinski definition) is 5. The molecule has 1 aliphatic rings. The van der Waals surface area contributed by atoms with Crippen molar-refractivity contribution in [1.82, 2.24) is 14.9 Å². The fourth-order valence-electron chi connectivity index (χ4n) is 2.67. The zero-order valence-electron chi connectivity index (χ0n) is 12.5. The molecule has 1 aromatic heterocycles. The maximum absolute atomic E-state index is 8.70. The minimum atomic E-state index is 0.482. The molecular formula is C17H19N5. The van der Waals surface area contributed by atoms with E-state index in [0.717, 1.165) is 44.2 Å². The van der Waals surface area contributed by atoms with Crippen LogP contribution in [0.5, 0.6) is 0 Å². The van der Waals surface area contributed by atoms with Crippen molar-refractivity contribution in [3.63, 3.8) is 0 Å². The zero-order valence-corrected chi connectivity index (χ0v) is 12.5. The maximum Gasteiger partial charge on any atom is 0.225 e. The van der Waals surface area contributed by atoms with Crippen molar-refractivity contribution in [3.8, 4) is 6.07 Å². The van der Waals surface area contributed by atoms with E-state index in [4.69, 9.17) is 5.26 Å². The van der Waals surface area contributed by atoms with Gasteiger partial charge in [0, 0.05) is 45.1 Å². The van der Waals surface area contributed by atoms with E-state index >= 15 is 0 Å². The maximum atomic E-state index is 8.70. The van der Waals surface area contributed by atoms with Crippen molar-refractivity contribution in [1.29, 1.82) is 5.26 Å². The third-order valence-electron chi connectivity index (χ3n) is 3.92. The zero-order chi connectivity index (χ0) is 15.2. The predicted molar refractivity (Wildman–Crippen MR) is 85.3 cm³/mol. The van der Waals surface area contributed by atoms with Gasteiger partial charge in [-0.2, -0.15) is 5.26 Å². The summed E-state index contributed by atoms with van der Waals surface area (Å²) in [6, 6.07) is 12.4. The van der Waals surface area contributed by atoms with Crippen molar-refractivity contribution in [2.75, 3.05) is 31.1 Å². The summed E-state index contributed by atoms with van der Waals surface area (Å²) in [5.41, 5.74) is 2.38. The Balaban J connectivity index is 1.52. The minimum absolute atomic E-state index is 0.482. The second kappa shape index (κ2) is 7.01. The van der Waals surface area contributed by atoms with Crippen LogP contribution in [0.25, 0.3) is 0 Å². The number of rotatable bonds is 4. The van der Waals surface area contributed by atoms with E-state index in [1.54, 1.807) is 12.4 Å². The van der Waals surface area contributed by atoms with Crippen LogP contribution in [0, 0.1) is 11.3 Å². The molecule has 0 saturated carbocycles. The lowest BCUT2D eigenvalue weighted by molar-refractivity contribution is 0.248. The average molecular weight is 293 g/mol. The summed E-state index contributed by atoms with van der Waals surface area (Å²) >= 11 is 0. The Morgan fingerprint density at radius 3 is 2.23 bits per heavy atom. The molecule has 2 aromatic rings. The van der Waals surface area contributed by atoms with Crippen molar-refractivity contribution >= 4 is 5.95 Å². The minimum Gasteiger partial charge on any atom is -0.338 e. The van der Waals surface area contributed by atoms with Crippen LogP contribution in [0.3, 0.4) is 0 Å². The molecule has 1 saturated heterocycles. The number of piperazine rings is 1. The van der Waals surface area contributed by atoms with E-state index < -0.39 is 0 Å². The molecule has 0 aliphatic carbocycles. The Bertz CT molecular complexity index is 624. The van der Waals surface area contributed by atoms with E-state index in [9.17, 15) is 0 Å². The van der Waals surface area contributed by atoms with Crippen molar-refractivity contribution < 1.29 is 0 Å². The lowest BCUT2D eigenvalue weighted by atomic mass is 10.1. The molecule has 0 bridgehead atoms. The molecule has 3 rings (SSSR count). The fourth-order valence-corrected chi connectivity index (χ4v) is 2.67. The topological polar surface area (TPSA) is 56.1 Å². The van der Waals surface area contributed by atoms with Crippen LogP contribution in [0.15, 0.2) is 42.7 Å². The van der Waals surface area contributed by atoms with Crippen LogP contribution >= 0.6 is 0 Å². The van der Waals surface area contributed by atoms with Gasteiger partial charge in [-0.25, -0.2) is 9.97 Å². The van der Waals surface area contributed by atoms with Crippen molar-refractivity contribution in [2.24, 2.45) is 0 Å². The normalized spacial score (nSPS) is 15.5. The molecule has 0 spiro atoms.